The molecule has 128 valence electrons. The van der Waals surface area contributed by atoms with E-state index in [-0.39, 0.29) is 12.1 Å². The van der Waals surface area contributed by atoms with Gasteiger partial charge in [-0.25, -0.2) is 18.1 Å². The lowest BCUT2D eigenvalue weighted by atomic mass is 9.94. The van der Waals surface area contributed by atoms with Gasteiger partial charge in [0.1, 0.15) is 6.10 Å². The third-order valence-electron chi connectivity index (χ3n) is 4.25. The second kappa shape index (κ2) is 7.32. The van der Waals surface area contributed by atoms with Crippen LogP contribution in [0.1, 0.15) is 31.2 Å². The standard InChI is InChI=1S/C18H22N2O3S/c1-14-5-11-17(12-6-14)24(21,22)20-15-7-9-16(10-8-15)23-18-4-2-3-13-19-18/h2-6,11-13,15-16,20H,7-10H2,1H3. The second-order valence-corrected chi connectivity index (χ2v) is 7.91. The molecule has 1 aromatic carbocycles. The molecule has 0 saturated heterocycles. The van der Waals surface area contributed by atoms with E-state index in [9.17, 15) is 8.42 Å². The van der Waals surface area contributed by atoms with Gasteiger partial charge in [0.15, 0.2) is 0 Å². The van der Waals surface area contributed by atoms with E-state index in [1.165, 1.54) is 0 Å². The number of hydrogen-bond donors (Lipinski definition) is 1. The molecule has 0 aliphatic heterocycles. The molecule has 0 bridgehead atoms. The number of hydrogen-bond acceptors (Lipinski definition) is 4. The largest absolute Gasteiger partial charge is 0.474 e. The third-order valence-corrected chi connectivity index (χ3v) is 5.79. The van der Waals surface area contributed by atoms with Crippen LogP contribution in [0.25, 0.3) is 0 Å². The Kier molecular flexibility index (Phi) is 5.16. The lowest BCUT2D eigenvalue weighted by Crippen LogP contribution is -2.39. The van der Waals surface area contributed by atoms with E-state index in [0.717, 1.165) is 31.2 Å². The number of aryl methyl sites for hydroxylation is 1. The molecule has 1 heterocycles. The van der Waals surface area contributed by atoms with Crippen LogP contribution in [0, 0.1) is 6.92 Å². The van der Waals surface area contributed by atoms with E-state index < -0.39 is 10.0 Å². The Hall–Kier alpha value is -1.92. The van der Waals surface area contributed by atoms with Crippen molar-refractivity contribution in [1.29, 1.82) is 0 Å². The van der Waals surface area contributed by atoms with Gasteiger partial charge in [0.2, 0.25) is 15.9 Å². The summed E-state index contributed by atoms with van der Waals surface area (Å²) in [6.07, 6.45) is 4.97. The van der Waals surface area contributed by atoms with Crippen LogP contribution >= 0.6 is 0 Å². The first kappa shape index (κ1) is 16.9. The Morgan fingerprint density at radius 3 is 2.38 bits per heavy atom. The molecule has 1 aromatic heterocycles. The van der Waals surface area contributed by atoms with E-state index in [4.69, 9.17) is 4.74 Å². The number of aromatic nitrogens is 1. The number of benzene rings is 1. The van der Waals surface area contributed by atoms with Crippen LogP contribution in [0.4, 0.5) is 0 Å². The average Bonchev–Trinajstić information content (AvgIpc) is 2.58. The van der Waals surface area contributed by atoms with Crippen molar-refractivity contribution in [2.24, 2.45) is 0 Å². The molecule has 0 spiro atoms. The SMILES string of the molecule is Cc1ccc(S(=O)(=O)NC2CCC(Oc3ccccn3)CC2)cc1. The van der Waals surface area contributed by atoms with Crippen LogP contribution in [-0.4, -0.2) is 25.5 Å². The van der Waals surface area contributed by atoms with Gasteiger partial charge in [-0.3, -0.25) is 0 Å². The predicted molar refractivity (Wildman–Crippen MR) is 92.4 cm³/mol. The van der Waals surface area contributed by atoms with Gasteiger partial charge in [-0.05, 0) is 50.8 Å². The molecule has 1 aliphatic rings. The highest BCUT2D eigenvalue weighted by atomic mass is 32.2. The third kappa shape index (κ3) is 4.33. The lowest BCUT2D eigenvalue weighted by Gasteiger charge is -2.29. The van der Waals surface area contributed by atoms with Crippen LogP contribution in [0.15, 0.2) is 53.6 Å². The van der Waals surface area contributed by atoms with Gasteiger partial charge in [-0.15, -0.1) is 0 Å². The normalized spacial score (nSPS) is 21.4. The highest BCUT2D eigenvalue weighted by Crippen LogP contribution is 2.24. The van der Waals surface area contributed by atoms with Crippen LogP contribution in [0.2, 0.25) is 0 Å². The van der Waals surface area contributed by atoms with E-state index in [0.29, 0.717) is 10.8 Å². The molecule has 0 atom stereocenters. The highest BCUT2D eigenvalue weighted by molar-refractivity contribution is 7.89. The quantitative estimate of drug-likeness (QED) is 0.903. The van der Waals surface area contributed by atoms with Crippen molar-refractivity contribution in [2.75, 3.05) is 0 Å². The fraction of sp³-hybridized carbons (Fsp3) is 0.389. The summed E-state index contributed by atoms with van der Waals surface area (Å²) in [6.45, 7) is 1.94. The molecule has 1 saturated carbocycles. The first-order valence-corrected chi connectivity index (χ1v) is 9.68. The average molecular weight is 346 g/mol. The molecule has 6 heteroatoms. The number of ether oxygens (including phenoxy) is 1. The molecule has 1 fully saturated rings. The maximum Gasteiger partial charge on any atom is 0.240 e. The number of pyridine rings is 1. The lowest BCUT2D eigenvalue weighted by molar-refractivity contribution is 0.138. The Balaban J connectivity index is 1.54. The first-order valence-electron chi connectivity index (χ1n) is 8.19. The van der Waals surface area contributed by atoms with Crippen molar-refractivity contribution in [2.45, 2.75) is 49.6 Å². The molecule has 5 nitrogen and oxygen atoms in total. The zero-order valence-corrected chi connectivity index (χ0v) is 14.5. The summed E-state index contributed by atoms with van der Waals surface area (Å²) in [5.41, 5.74) is 1.04. The van der Waals surface area contributed by atoms with Crippen molar-refractivity contribution in [3.8, 4) is 5.88 Å². The number of rotatable bonds is 5. The van der Waals surface area contributed by atoms with Crippen LogP contribution < -0.4 is 9.46 Å². The smallest absolute Gasteiger partial charge is 0.240 e. The van der Waals surface area contributed by atoms with Gasteiger partial charge in [0.25, 0.3) is 0 Å². The van der Waals surface area contributed by atoms with Gasteiger partial charge in [0.05, 0.1) is 4.90 Å². The molecular formula is C18H22N2O3S. The Bertz CT molecular complexity index is 753. The van der Waals surface area contributed by atoms with Crippen molar-refractivity contribution in [3.63, 3.8) is 0 Å². The zero-order chi connectivity index (χ0) is 17.0. The molecule has 3 rings (SSSR count). The zero-order valence-electron chi connectivity index (χ0n) is 13.7. The van der Waals surface area contributed by atoms with Crippen molar-refractivity contribution < 1.29 is 13.2 Å². The minimum absolute atomic E-state index is 0.0418. The second-order valence-electron chi connectivity index (χ2n) is 6.19. The van der Waals surface area contributed by atoms with Gasteiger partial charge in [-0.2, -0.15) is 0 Å². The minimum atomic E-state index is -3.46. The molecular weight excluding hydrogens is 324 g/mol. The molecule has 24 heavy (non-hydrogen) atoms. The van der Waals surface area contributed by atoms with E-state index >= 15 is 0 Å². The van der Waals surface area contributed by atoms with Gasteiger partial charge in [-0.1, -0.05) is 23.8 Å². The van der Waals surface area contributed by atoms with Gasteiger partial charge < -0.3 is 4.74 Å². The van der Waals surface area contributed by atoms with Crippen molar-refractivity contribution in [1.82, 2.24) is 9.71 Å². The van der Waals surface area contributed by atoms with Crippen LogP contribution in [0.3, 0.4) is 0 Å². The van der Waals surface area contributed by atoms with Crippen molar-refractivity contribution >= 4 is 10.0 Å². The number of nitrogens with one attached hydrogen (secondary N) is 1. The summed E-state index contributed by atoms with van der Waals surface area (Å²) in [5, 5.41) is 0. The summed E-state index contributed by atoms with van der Waals surface area (Å²) in [5.74, 6) is 0.626. The maximum absolute atomic E-state index is 12.4. The van der Waals surface area contributed by atoms with E-state index in [2.05, 4.69) is 9.71 Å². The molecule has 1 N–H and O–H groups in total. The number of nitrogens with zero attached hydrogens (tertiary/aromatic N) is 1. The maximum atomic E-state index is 12.4. The monoisotopic (exact) mass is 346 g/mol. The summed E-state index contributed by atoms with van der Waals surface area (Å²) in [4.78, 5) is 4.48. The topological polar surface area (TPSA) is 68.3 Å². The Morgan fingerprint density at radius 2 is 1.75 bits per heavy atom. The summed E-state index contributed by atoms with van der Waals surface area (Å²) in [6, 6.07) is 12.5. The van der Waals surface area contributed by atoms with Gasteiger partial charge in [0, 0.05) is 18.3 Å². The van der Waals surface area contributed by atoms with Gasteiger partial charge >= 0.3 is 0 Å². The molecule has 2 aromatic rings. The molecule has 1 aliphatic carbocycles. The molecule has 0 radical (unpaired) electrons. The van der Waals surface area contributed by atoms with Crippen LogP contribution in [0.5, 0.6) is 5.88 Å². The number of sulfonamides is 1. The molecule has 0 unspecified atom stereocenters. The first-order chi connectivity index (χ1) is 11.5. The van der Waals surface area contributed by atoms with Crippen LogP contribution in [-0.2, 0) is 10.0 Å². The fourth-order valence-electron chi connectivity index (χ4n) is 2.89. The highest BCUT2D eigenvalue weighted by Gasteiger charge is 2.26. The van der Waals surface area contributed by atoms with Crippen molar-refractivity contribution in [3.05, 3.63) is 54.2 Å². The summed E-state index contributed by atoms with van der Waals surface area (Å²) >= 11 is 0. The van der Waals surface area contributed by atoms with E-state index in [1.54, 1.807) is 18.3 Å². The Labute approximate surface area is 143 Å². The van der Waals surface area contributed by atoms with E-state index in [1.807, 2.05) is 37.3 Å². The summed E-state index contributed by atoms with van der Waals surface area (Å²) in [7, 11) is -3.46. The summed E-state index contributed by atoms with van der Waals surface area (Å²) < 4.78 is 33.5. The fourth-order valence-corrected chi connectivity index (χ4v) is 4.20. The Morgan fingerprint density at radius 1 is 1.04 bits per heavy atom. The predicted octanol–water partition coefficient (Wildman–Crippen LogP) is 3.06. The minimum Gasteiger partial charge on any atom is -0.474 e. The molecule has 0 amide bonds.